The van der Waals surface area contributed by atoms with Gasteiger partial charge in [-0.15, -0.1) is 11.3 Å². The first kappa shape index (κ1) is 26.9. The van der Waals surface area contributed by atoms with Crippen molar-refractivity contribution in [1.82, 2.24) is 4.31 Å². The molecule has 13 heteroatoms. The van der Waals surface area contributed by atoms with Crippen LogP contribution in [-0.2, 0) is 24.8 Å². The van der Waals surface area contributed by atoms with E-state index < -0.39 is 26.0 Å². The number of methoxy groups -OCH3 is 2. The van der Waals surface area contributed by atoms with Gasteiger partial charge >= 0.3 is 0 Å². The van der Waals surface area contributed by atoms with Gasteiger partial charge in [0.1, 0.15) is 15.7 Å². The van der Waals surface area contributed by atoms with Crippen LogP contribution < -0.4 is 19.5 Å². The molecule has 1 aromatic heterocycles. The average Bonchev–Trinajstić information content (AvgIpc) is 3.45. The predicted octanol–water partition coefficient (Wildman–Crippen LogP) is 3.61. The molecule has 0 unspecified atom stereocenters. The van der Waals surface area contributed by atoms with Crippen LogP contribution in [-0.4, -0.2) is 54.4 Å². The van der Waals surface area contributed by atoms with Crippen molar-refractivity contribution in [2.75, 3.05) is 37.3 Å². The lowest BCUT2D eigenvalue weighted by Gasteiger charge is -2.30. The monoisotopic (exact) mass is 565 g/mol. The Morgan fingerprint density at radius 1 is 1.03 bits per heavy atom. The molecule has 1 aliphatic heterocycles. The number of benzene rings is 2. The minimum atomic E-state index is -3.93. The molecule has 198 valence electrons. The first-order chi connectivity index (χ1) is 17.6. The van der Waals surface area contributed by atoms with Crippen molar-refractivity contribution in [3.8, 4) is 11.5 Å². The molecule has 1 amide bonds. The lowest BCUT2D eigenvalue weighted by molar-refractivity contribution is -0.120. The first-order valence-corrected chi connectivity index (χ1v) is 15.1. The predicted molar refractivity (Wildman–Crippen MR) is 141 cm³/mol. The lowest BCUT2D eigenvalue weighted by atomic mass is 9.99. The van der Waals surface area contributed by atoms with E-state index in [2.05, 4.69) is 10.0 Å². The maximum Gasteiger partial charge on any atom is 0.262 e. The van der Waals surface area contributed by atoms with Crippen molar-refractivity contribution in [2.24, 2.45) is 5.92 Å². The summed E-state index contributed by atoms with van der Waals surface area (Å²) in [6.07, 6.45) is 1.13. The number of carbonyl (C=O) groups excluding carboxylic acids is 1. The van der Waals surface area contributed by atoms with Crippen molar-refractivity contribution < 1.29 is 31.1 Å². The number of anilines is 2. The number of sulfonamides is 2. The van der Waals surface area contributed by atoms with Gasteiger partial charge in [0.05, 0.1) is 30.7 Å². The summed E-state index contributed by atoms with van der Waals surface area (Å²) in [7, 11) is -4.64. The zero-order chi connectivity index (χ0) is 26.6. The highest BCUT2D eigenvalue weighted by atomic mass is 32.2. The minimum Gasteiger partial charge on any atom is -0.497 e. The van der Waals surface area contributed by atoms with Crippen LogP contribution in [0.4, 0.5) is 11.4 Å². The average molecular weight is 566 g/mol. The Balaban J connectivity index is 1.42. The molecule has 2 aromatic carbocycles. The SMILES string of the molecule is COc1ccc(NS(=O)(=O)c2ccc(NC(=O)[C@H]3CCCN(S(=O)(=O)c4cccs4)C3)cc2)c(OC)c1. The Hall–Kier alpha value is -3.13. The second-order valence-corrected chi connectivity index (χ2v) is 13.1. The summed E-state index contributed by atoms with van der Waals surface area (Å²) in [5, 5.41) is 4.47. The third kappa shape index (κ3) is 6.06. The molecule has 37 heavy (non-hydrogen) atoms. The van der Waals surface area contributed by atoms with E-state index in [-0.39, 0.29) is 27.2 Å². The fraction of sp³-hybridized carbons (Fsp3) is 0.292. The summed E-state index contributed by atoms with van der Waals surface area (Å²) < 4.78 is 65.9. The van der Waals surface area contributed by atoms with Gasteiger partial charge < -0.3 is 14.8 Å². The molecular formula is C24H27N3O7S3. The second-order valence-electron chi connectivity index (χ2n) is 8.32. The second kappa shape index (κ2) is 11.1. The van der Waals surface area contributed by atoms with Crippen molar-refractivity contribution in [3.63, 3.8) is 0 Å². The fourth-order valence-corrected chi connectivity index (χ4v) is 7.70. The molecule has 3 aromatic rings. The molecule has 0 aliphatic carbocycles. The smallest absolute Gasteiger partial charge is 0.262 e. The number of hydrogen-bond donors (Lipinski definition) is 2. The van der Waals surface area contributed by atoms with E-state index in [9.17, 15) is 21.6 Å². The lowest BCUT2D eigenvalue weighted by Crippen LogP contribution is -2.43. The van der Waals surface area contributed by atoms with Gasteiger partial charge in [0.25, 0.3) is 20.0 Å². The summed E-state index contributed by atoms with van der Waals surface area (Å²) in [4.78, 5) is 12.9. The zero-order valence-corrected chi connectivity index (χ0v) is 22.7. The van der Waals surface area contributed by atoms with Crippen LogP contribution in [0.1, 0.15) is 12.8 Å². The molecule has 10 nitrogen and oxygen atoms in total. The van der Waals surface area contributed by atoms with Crippen LogP contribution in [0.5, 0.6) is 11.5 Å². The highest BCUT2D eigenvalue weighted by Crippen LogP contribution is 2.31. The fourth-order valence-electron chi connectivity index (χ4n) is 3.96. The Bertz CT molecular complexity index is 1460. The van der Waals surface area contributed by atoms with E-state index in [1.54, 1.807) is 29.6 Å². The van der Waals surface area contributed by atoms with Crippen molar-refractivity contribution in [1.29, 1.82) is 0 Å². The van der Waals surface area contributed by atoms with Crippen LogP contribution in [0, 0.1) is 5.92 Å². The summed E-state index contributed by atoms with van der Waals surface area (Å²) in [5.74, 6) is -0.0154. The zero-order valence-electron chi connectivity index (χ0n) is 20.2. The van der Waals surface area contributed by atoms with Crippen molar-refractivity contribution in [2.45, 2.75) is 21.9 Å². The molecule has 0 bridgehead atoms. The van der Waals surface area contributed by atoms with Crippen LogP contribution in [0.15, 0.2) is 69.1 Å². The Kier molecular flexibility index (Phi) is 8.07. The van der Waals surface area contributed by atoms with E-state index in [1.807, 2.05) is 0 Å². The number of hydrogen-bond acceptors (Lipinski definition) is 8. The minimum absolute atomic E-state index is 0.00532. The largest absolute Gasteiger partial charge is 0.497 e. The molecule has 2 heterocycles. The standard InChI is InChI=1S/C24H27N3O7S3/c1-33-19-9-12-21(22(15-19)34-2)26-36(29,30)20-10-7-18(8-11-20)25-24(28)17-5-3-13-27(16-17)37(31,32)23-6-4-14-35-23/h4,6-12,14-15,17,26H,3,5,13,16H2,1-2H3,(H,25,28)/t17-/m0/s1. The number of rotatable bonds is 9. The number of carbonyl (C=O) groups is 1. The van der Waals surface area contributed by atoms with Crippen molar-refractivity contribution >= 4 is 48.7 Å². The summed E-state index contributed by atoms with van der Waals surface area (Å²) in [5.41, 5.74) is 0.657. The van der Waals surface area contributed by atoms with Gasteiger partial charge in [0.15, 0.2) is 0 Å². The quantitative estimate of drug-likeness (QED) is 0.405. The number of ether oxygens (including phenoxy) is 2. The van der Waals surface area contributed by atoms with Gasteiger partial charge in [-0.2, -0.15) is 4.31 Å². The summed E-state index contributed by atoms with van der Waals surface area (Å²) >= 11 is 1.15. The molecule has 1 fully saturated rings. The van der Waals surface area contributed by atoms with E-state index in [4.69, 9.17) is 9.47 Å². The molecule has 4 rings (SSSR count). The highest BCUT2D eigenvalue weighted by Gasteiger charge is 2.33. The highest BCUT2D eigenvalue weighted by molar-refractivity contribution is 7.92. The molecule has 0 spiro atoms. The molecule has 1 saturated heterocycles. The molecule has 1 aliphatic rings. The third-order valence-corrected chi connectivity index (χ3v) is 10.5. The number of nitrogens with zero attached hydrogens (tertiary/aromatic N) is 1. The summed E-state index contributed by atoms with van der Waals surface area (Å²) in [6.45, 7) is 0.453. The van der Waals surface area contributed by atoms with Gasteiger partial charge in [0.2, 0.25) is 5.91 Å². The molecule has 0 radical (unpaired) electrons. The Morgan fingerprint density at radius 2 is 1.78 bits per heavy atom. The van der Waals surface area contributed by atoms with E-state index >= 15 is 0 Å². The topological polar surface area (TPSA) is 131 Å². The van der Waals surface area contributed by atoms with E-state index in [0.717, 1.165) is 11.3 Å². The number of nitrogens with one attached hydrogen (secondary N) is 2. The Morgan fingerprint density at radius 3 is 2.43 bits per heavy atom. The first-order valence-electron chi connectivity index (χ1n) is 11.3. The van der Waals surface area contributed by atoms with Gasteiger partial charge in [-0.1, -0.05) is 6.07 Å². The van der Waals surface area contributed by atoms with Gasteiger partial charge in [-0.05, 0) is 60.7 Å². The van der Waals surface area contributed by atoms with Crippen LogP contribution in [0.25, 0.3) is 0 Å². The number of amides is 1. The maximum absolute atomic E-state index is 12.9. The molecule has 2 N–H and O–H groups in total. The van der Waals surface area contributed by atoms with Gasteiger partial charge in [-0.25, -0.2) is 16.8 Å². The van der Waals surface area contributed by atoms with Gasteiger partial charge in [0, 0.05) is 24.8 Å². The molecule has 0 saturated carbocycles. The van der Waals surface area contributed by atoms with E-state index in [1.165, 1.54) is 48.9 Å². The van der Waals surface area contributed by atoms with Crippen LogP contribution in [0.2, 0.25) is 0 Å². The number of thiophene rings is 1. The molecule has 1 atom stereocenters. The number of piperidine rings is 1. The maximum atomic E-state index is 12.9. The molecular weight excluding hydrogens is 538 g/mol. The third-order valence-electron chi connectivity index (χ3n) is 5.93. The van der Waals surface area contributed by atoms with Gasteiger partial charge in [-0.3, -0.25) is 9.52 Å². The van der Waals surface area contributed by atoms with Crippen LogP contribution in [0.3, 0.4) is 0 Å². The Labute approximate surface area is 220 Å². The summed E-state index contributed by atoms with van der Waals surface area (Å²) in [6, 6.07) is 13.7. The van der Waals surface area contributed by atoms with E-state index in [0.29, 0.717) is 36.6 Å². The normalized spacial score (nSPS) is 16.6. The van der Waals surface area contributed by atoms with Crippen LogP contribution >= 0.6 is 11.3 Å². The van der Waals surface area contributed by atoms with Crippen molar-refractivity contribution in [3.05, 3.63) is 60.0 Å².